The molecular weight excluding hydrogens is 320 g/mol. The van der Waals surface area contributed by atoms with Crippen LogP contribution in [-0.4, -0.2) is 39.9 Å². The highest BCUT2D eigenvalue weighted by Gasteiger charge is 2.24. The van der Waals surface area contributed by atoms with Gasteiger partial charge in [-0.2, -0.15) is 0 Å². The van der Waals surface area contributed by atoms with E-state index in [0.29, 0.717) is 0 Å². The van der Waals surface area contributed by atoms with Crippen LogP contribution in [0.1, 0.15) is 33.6 Å². The molecule has 3 N–H and O–H groups in total. The van der Waals surface area contributed by atoms with Crippen LogP contribution in [0.5, 0.6) is 0 Å². The number of likely N-dealkylation sites (tertiary alicyclic amines) is 1. The molecule has 4 rings (SSSR count). The van der Waals surface area contributed by atoms with Crippen LogP contribution in [0.3, 0.4) is 0 Å². The van der Waals surface area contributed by atoms with E-state index in [0.717, 1.165) is 53.8 Å². The lowest BCUT2D eigenvalue weighted by Gasteiger charge is -2.30. The van der Waals surface area contributed by atoms with Crippen LogP contribution in [0.2, 0.25) is 0 Å². The second-order valence-corrected chi connectivity index (χ2v) is 7.21. The fraction of sp³-hybridized carbons (Fsp3) is 0.333. The van der Waals surface area contributed by atoms with E-state index in [1.165, 1.54) is 16.9 Å². The number of aromatic amines is 1. The quantitative estimate of drug-likeness (QED) is 0.770. The van der Waals surface area contributed by atoms with Gasteiger partial charge in [-0.05, 0) is 54.0 Å². The molecular formula is C18H20N4OS. The summed E-state index contributed by atoms with van der Waals surface area (Å²) in [6.07, 6.45) is 6.24. The molecule has 6 heteroatoms. The van der Waals surface area contributed by atoms with E-state index in [-0.39, 0.29) is 11.9 Å². The molecule has 0 atom stereocenters. The molecule has 124 valence electrons. The van der Waals surface area contributed by atoms with E-state index in [9.17, 15) is 4.79 Å². The van der Waals surface area contributed by atoms with Gasteiger partial charge < -0.3 is 15.6 Å². The van der Waals surface area contributed by atoms with Crippen LogP contribution in [-0.2, 0) is 6.42 Å². The maximum absolute atomic E-state index is 12.9. The molecule has 1 saturated heterocycles. The number of carbonyl (C=O) groups is 1. The molecule has 24 heavy (non-hydrogen) atoms. The lowest BCUT2D eigenvalue weighted by Crippen LogP contribution is -2.42. The Balaban J connectivity index is 1.58. The van der Waals surface area contributed by atoms with Gasteiger partial charge >= 0.3 is 0 Å². The highest BCUT2D eigenvalue weighted by Crippen LogP contribution is 2.26. The van der Waals surface area contributed by atoms with Crippen molar-refractivity contribution < 1.29 is 4.79 Å². The number of pyridine rings is 1. The van der Waals surface area contributed by atoms with Gasteiger partial charge in [-0.25, -0.2) is 4.98 Å². The maximum atomic E-state index is 12.9. The number of nitrogens with one attached hydrogen (secondary N) is 1. The van der Waals surface area contributed by atoms with Crippen LogP contribution in [0.15, 0.2) is 36.0 Å². The van der Waals surface area contributed by atoms with Crippen molar-refractivity contribution in [2.24, 2.45) is 5.73 Å². The lowest BCUT2D eigenvalue weighted by atomic mass is 10.0. The molecule has 0 bridgehead atoms. The number of carbonyl (C=O) groups excluding carboxylic acids is 1. The summed E-state index contributed by atoms with van der Waals surface area (Å²) >= 11 is 1.53. The standard InChI is InChI=1S/C18H20N4OS/c19-14-3-8-22(9-4-14)18(23)16-13(5-10-24-16)11-12-1-6-20-17-15(12)2-7-21-17/h1-2,5-7,10,14H,3-4,8-9,11,19H2,(H,20,21). The van der Waals surface area contributed by atoms with E-state index < -0.39 is 0 Å². The van der Waals surface area contributed by atoms with Crippen molar-refractivity contribution in [3.05, 3.63) is 52.0 Å². The minimum Gasteiger partial charge on any atom is -0.346 e. The van der Waals surface area contributed by atoms with E-state index in [1.807, 2.05) is 34.8 Å². The second-order valence-electron chi connectivity index (χ2n) is 6.29. The number of nitrogens with two attached hydrogens (primary N) is 1. The predicted octanol–water partition coefficient (Wildman–Crippen LogP) is 2.78. The number of hydrogen-bond donors (Lipinski definition) is 2. The number of hydrogen-bond acceptors (Lipinski definition) is 4. The average molecular weight is 340 g/mol. The number of nitrogens with zero attached hydrogens (tertiary/aromatic N) is 2. The first-order chi connectivity index (χ1) is 11.7. The summed E-state index contributed by atoms with van der Waals surface area (Å²) < 4.78 is 0. The van der Waals surface area contributed by atoms with Crippen molar-refractivity contribution in [2.75, 3.05) is 13.1 Å². The van der Waals surface area contributed by atoms with E-state index in [1.54, 1.807) is 0 Å². The van der Waals surface area contributed by atoms with Crippen molar-refractivity contribution in [1.29, 1.82) is 0 Å². The monoisotopic (exact) mass is 340 g/mol. The predicted molar refractivity (Wildman–Crippen MR) is 96.3 cm³/mol. The number of thiophene rings is 1. The Hall–Kier alpha value is -2.18. The Morgan fingerprint density at radius 2 is 2.12 bits per heavy atom. The van der Waals surface area contributed by atoms with Crippen LogP contribution in [0.25, 0.3) is 11.0 Å². The number of fused-ring (bicyclic) bond motifs is 1. The maximum Gasteiger partial charge on any atom is 0.264 e. The first-order valence-corrected chi connectivity index (χ1v) is 9.12. The number of H-pyrrole nitrogens is 1. The van der Waals surface area contributed by atoms with E-state index >= 15 is 0 Å². The zero-order valence-electron chi connectivity index (χ0n) is 13.4. The molecule has 4 heterocycles. The smallest absolute Gasteiger partial charge is 0.264 e. The van der Waals surface area contributed by atoms with Gasteiger partial charge in [-0.3, -0.25) is 4.79 Å². The van der Waals surface area contributed by atoms with Gasteiger partial charge in [0.25, 0.3) is 5.91 Å². The Kier molecular flexibility index (Phi) is 4.08. The highest BCUT2D eigenvalue weighted by atomic mass is 32.1. The molecule has 0 aromatic carbocycles. The largest absolute Gasteiger partial charge is 0.346 e. The van der Waals surface area contributed by atoms with Crippen molar-refractivity contribution in [1.82, 2.24) is 14.9 Å². The summed E-state index contributed by atoms with van der Waals surface area (Å²) in [5.74, 6) is 0.145. The average Bonchev–Trinajstić information content (AvgIpc) is 3.24. The lowest BCUT2D eigenvalue weighted by molar-refractivity contribution is 0.0719. The third-order valence-corrected chi connectivity index (χ3v) is 5.64. The molecule has 1 aliphatic rings. The van der Waals surface area contributed by atoms with Crippen LogP contribution < -0.4 is 5.73 Å². The molecule has 0 radical (unpaired) electrons. The number of rotatable bonds is 3. The van der Waals surface area contributed by atoms with Gasteiger partial charge in [-0.1, -0.05) is 0 Å². The minimum atomic E-state index is 0.145. The molecule has 5 nitrogen and oxygen atoms in total. The summed E-state index contributed by atoms with van der Waals surface area (Å²) in [5, 5.41) is 3.12. The zero-order chi connectivity index (χ0) is 16.5. The first kappa shape index (κ1) is 15.4. The molecule has 0 unspecified atom stereocenters. The SMILES string of the molecule is NC1CCN(C(=O)c2sccc2Cc2ccnc3[nH]ccc23)CC1. The second kappa shape index (κ2) is 6.37. The fourth-order valence-corrected chi connectivity index (χ4v) is 4.18. The fourth-order valence-electron chi connectivity index (χ4n) is 3.29. The van der Waals surface area contributed by atoms with E-state index in [4.69, 9.17) is 5.73 Å². The van der Waals surface area contributed by atoms with Gasteiger partial charge in [0.2, 0.25) is 0 Å². The summed E-state index contributed by atoms with van der Waals surface area (Å²) in [7, 11) is 0. The molecule has 1 amide bonds. The van der Waals surface area contributed by atoms with Gasteiger partial charge in [0.1, 0.15) is 5.65 Å². The third-order valence-electron chi connectivity index (χ3n) is 4.70. The summed E-state index contributed by atoms with van der Waals surface area (Å²) in [6.45, 7) is 1.52. The first-order valence-electron chi connectivity index (χ1n) is 8.24. The number of amides is 1. The summed E-state index contributed by atoms with van der Waals surface area (Å²) in [4.78, 5) is 23.1. The number of piperidine rings is 1. The van der Waals surface area contributed by atoms with Gasteiger partial charge in [0, 0.05) is 36.9 Å². The summed E-state index contributed by atoms with van der Waals surface area (Å²) in [5.41, 5.74) is 9.12. The van der Waals surface area contributed by atoms with Gasteiger partial charge in [-0.15, -0.1) is 11.3 Å². The van der Waals surface area contributed by atoms with Gasteiger partial charge in [0.15, 0.2) is 0 Å². The molecule has 0 aliphatic carbocycles. The van der Waals surface area contributed by atoms with E-state index in [2.05, 4.69) is 16.0 Å². The minimum absolute atomic E-state index is 0.145. The van der Waals surface area contributed by atoms with Crippen molar-refractivity contribution in [3.8, 4) is 0 Å². The van der Waals surface area contributed by atoms with Gasteiger partial charge in [0.05, 0.1) is 4.88 Å². The molecule has 0 saturated carbocycles. The topological polar surface area (TPSA) is 75.0 Å². The Labute approximate surface area is 144 Å². The molecule has 3 aromatic rings. The van der Waals surface area contributed by atoms with Crippen LogP contribution >= 0.6 is 11.3 Å². The van der Waals surface area contributed by atoms with Crippen molar-refractivity contribution >= 4 is 28.3 Å². The molecule has 1 aliphatic heterocycles. The Bertz CT molecular complexity index is 861. The molecule has 1 fully saturated rings. The number of aromatic nitrogens is 2. The van der Waals surface area contributed by atoms with Crippen molar-refractivity contribution in [2.45, 2.75) is 25.3 Å². The van der Waals surface area contributed by atoms with Crippen LogP contribution in [0.4, 0.5) is 0 Å². The zero-order valence-corrected chi connectivity index (χ0v) is 14.2. The summed E-state index contributed by atoms with van der Waals surface area (Å²) in [6, 6.07) is 6.36. The normalized spacial score (nSPS) is 16.0. The van der Waals surface area contributed by atoms with Crippen molar-refractivity contribution in [3.63, 3.8) is 0 Å². The van der Waals surface area contributed by atoms with Crippen LogP contribution in [0, 0.1) is 0 Å². The Morgan fingerprint density at radius 1 is 1.29 bits per heavy atom. The molecule has 0 spiro atoms. The Morgan fingerprint density at radius 3 is 2.96 bits per heavy atom. The third kappa shape index (κ3) is 2.83. The highest BCUT2D eigenvalue weighted by molar-refractivity contribution is 7.12. The molecule has 3 aromatic heterocycles.